The first kappa shape index (κ1) is 20.8. The molecule has 1 fully saturated rings. The summed E-state index contributed by atoms with van der Waals surface area (Å²) < 4.78 is 63.9. The molecule has 9 heteroatoms. The van der Waals surface area contributed by atoms with E-state index in [2.05, 4.69) is 9.71 Å². The van der Waals surface area contributed by atoms with Gasteiger partial charge in [-0.2, -0.15) is 13.2 Å². The molecule has 0 radical (unpaired) electrons. The maximum atomic E-state index is 12.6. The van der Waals surface area contributed by atoms with Gasteiger partial charge in [0.1, 0.15) is 4.75 Å². The number of rotatable bonds is 6. The molecule has 1 N–H and O–H groups in total. The third-order valence-electron chi connectivity index (χ3n) is 4.76. The van der Waals surface area contributed by atoms with Crippen LogP contribution < -0.4 is 4.72 Å². The summed E-state index contributed by atoms with van der Waals surface area (Å²) in [6, 6.07) is 1.75. The van der Waals surface area contributed by atoms with Crippen molar-refractivity contribution in [3.63, 3.8) is 0 Å². The quantitative estimate of drug-likeness (QED) is 0.806. The smallest absolute Gasteiger partial charge is 0.297 e. The molecule has 1 aliphatic rings. The second-order valence-corrected chi connectivity index (χ2v) is 9.37. The minimum Gasteiger partial charge on any atom is -0.297 e. The largest absolute Gasteiger partial charge is 0.417 e. The minimum atomic E-state index is -4.51. The molecule has 1 aromatic heterocycles. The normalized spacial score (nSPS) is 17.3. The summed E-state index contributed by atoms with van der Waals surface area (Å²) in [4.78, 5) is 16.2. The highest BCUT2D eigenvalue weighted by Crippen LogP contribution is 2.29. The fraction of sp³-hybridized carbons (Fsp3) is 0.647. The van der Waals surface area contributed by atoms with Gasteiger partial charge in [0.2, 0.25) is 10.0 Å². The summed E-state index contributed by atoms with van der Waals surface area (Å²) in [7, 11) is -3.92. The van der Waals surface area contributed by atoms with Gasteiger partial charge in [-0.15, -0.1) is 0 Å². The van der Waals surface area contributed by atoms with Gasteiger partial charge in [-0.1, -0.05) is 19.3 Å². The second-order valence-electron chi connectivity index (χ2n) is 7.10. The summed E-state index contributed by atoms with van der Waals surface area (Å²) in [6.45, 7) is 2.62. The van der Waals surface area contributed by atoms with E-state index in [4.69, 9.17) is 0 Å². The molecule has 0 spiro atoms. The van der Waals surface area contributed by atoms with Gasteiger partial charge in [0, 0.05) is 17.9 Å². The Balaban J connectivity index is 2.08. The highest BCUT2D eigenvalue weighted by molar-refractivity contribution is 7.91. The first-order valence-electron chi connectivity index (χ1n) is 8.51. The molecule has 1 aromatic rings. The van der Waals surface area contributed by atoms with Crippen molar-refractivity contribution in [2.24, 2.45) is 0 Å². The number of halogens is 3. The number of aromatic nitrogens is 1. The van der Waals surface area contributed by atoms with Gasteiger partial charge in [-0.05, 0) is 38.8 Å². The Hall–Kier alpha value is -1.48. The summed E-state index contributed by atoms with van der Waals surface area (Å²) in [5.74, 6) is -0.618. The number of pyridine rings is 1. The van der Waals surface area contributed by atoms with Crippen LogP contribution in [0.5, 0.6) is 0 Å². The number of hydrogen-bond acceptors (Lipinski definition) is 4. The molecule has 0 bridgehead atoms. The lowest BCUT2D eigenvalue weighted by Gasteiger charge is -2.29. The molecule has 1 heterocycles. The van der Waals surface area contributed by atoms with Crippen molar-refractivity contribution in [2.45, 2.75) is 69.3 Å². The lowest BCUT2D eigenvalue weighted by molar-refractivity contribution is -0.137. The van der Waals surface area contributed by atoms with Crippen LogP contribution in [-0.4, -0.2) is 30.0 Å². The van der Waals surface area contributed by atoms with E-state index in [9.17, 15) is 26.4 Å². The van der Waals surface area contributed by atoms with Crippen molar-refractivity contribution < 1.29 is 26.4 Å². The number of hydrogen-bond donors (Lipinski definition) is 1. The van der Waals surface area contributed by atoms with Crippen LogP contribution in [-0.2, 0) is 27.4 Å². The maximum absolute atomic E-state index is 12.6. The van der Waals surface area contributed by atoms with E-state index in [-0.39, 0.29) is 18.2 Å². The molecule has 2 rings (SSSR count). The van der Waals surface area contributed by atoms with Crippen LogP contribution in [0.2, 0.25) is 0 Å². The summed E-state index contributed by atoms with van der Waals surface area (Å²) in [6.07, 6.45) is 0.214. The van der Waals surface area contributed by atoms with Crippen LogP contribution in [0.3, 0.4) is 0 Å². The first-order valence-corrected chi connectivity index (χ1v) is 9.99. The van der Waals surface area contributed by atoms with Crippen LogP contribution in [0.25, 0.3) is 0 Å². The molecule has 0 atom stereocenters. The Morgan fingerprint density at radius 2 is 1.81 bits per heavy atom. The van der Waals surface area contributed by atoms with E-state index in [1.54, 1.807) is 0 Å². The molecule has 0 aliphatic heterocycles. The van der Waals surface area contributed by atoms with E-state index < -0.39 is 32.3 Å². The molecule has 0 amide bonds. The number of nitrogens with zero attached hydrogens (tertiary/aromatic N) is 1. The lowest BCUT2D eigenvalue weighted by Crippen LogP contribution is -2.51. The Morgan fingerprint density at radius 3 is 2.31 bits per heavy atom. The summed E-state index contributed by atoms with van der Waals surface area (Å²) in [5.41, 5.74) is -0.816. The van der Waals surface area contributed by atoms with Crippen LogP contribution in [0.15, 0.2) is 18.3 Å². The minimum absolute atomic E-state index is 0.101. The molecule has 0 unspecified atom stereocenters. The van der Waals surface area contributed by atoms with Gasteiger partial charge in [0.15, 0.2) is 5.78 Å². The molecule has 5 nitrogen and oxygen atoms in total. The topological polar surface area (TPSA) is 76.1 Å². The SMILES string of the molecule is CC(C)(C(=O)Cc1ccc(C(F)(F)F)cn1)S(=O)(=O)NC1CCCCC1. The maximum Gasteiger partial charge on any atom is 0.417 e. The van der Waals surface area contributed by atoms with Crippen molar-refractivity contribution in [3.8, 4) is 0 Å². The average Bonchev–Trinajstić information content (AvgIpc) is 2.54. The molecule has 146 valence electrons. The highest BCUT2D eigenvalue weighted by atomic mass is 32.2. The second kappa shape index (κ2) is 7.64. The van der Waals surface area contributed by atoms with E-state index in [1.807, 2.05) is 0 Å². The van der Waals surface area contributed by atoms with Gasteiger partial charge >= 0.3 is 6.18 Å². The summed E-state index contributed by atoms with van der Waals surface area (Å²) >= 11 is 0. The molecule has 1 aliphatic carbocycles. The number of carbonyl (C=O) groups is 1. The third kappa shape index (κ3) is 4.82. The van der Waals surface area contributed by atoms with Gasteiger partial charge in [-0.25, -0.2) is 13.1 Å². The van der Waals surface area contributed by atoms with Gasteiger partial charge in [-0.3, -0.25) is 9.78 Å². The molecule has 1 saturated carbocycles. The highest BCUT2D eigenvalue weighted by Gasteiger charge is 2.42. The van der Waals surface area contributed by atoms with E-state index >= 15 is 0 Å². The Bertz CT molecular complexity index is 738. The van der Waals surface area contributed by atoms with Crippen molar-refractivity contribution in [2.75, 3.05) is 0 Å². The fourth-order valence-electron chi connectivity index (χ4n) is 2.81. The van der Waals surface area contributed by atoms with Gasteiger partial charge in [0.25, 0.3) is 0 Å². The number of carbonyl (C=O) groups excluding carboxylic acids is 1. The van der Waals surface area contributed by atoms with E-state index in [0.29, 0.717) is 6.20 Å². The van der Waals surface area contributed by atoms with Gasteiger partial charge in [0.05, 0.1) is 12.0 Å². The Morgan fingerprint density at radius 1 is 1.19 bits per heavy atom. The summed E-state index contributed by atoms with van der Waals surface area (Å²) in [5, 5.41) is 0. The Kier molecular flexibility index (Phi) is 6.12. The average molecular weight is 392 g/mol. The lowest BCUT2D eigenvalue weighted by atomic mass is 9.96. The Labute approximate surface area is 151 Å². The monoisotopic (exact) mass is 392 g/mol. The zero-order chi connectivity index (χ0) is 19.6. The van der Waals surface area contributed by atoms with Gasteiger partial charge < -0.3 is 0 Å². The third-order valence-corrected chi connectivity index (χ3v) is 6.98. The molecular weight excluding hydrogens is 369 g/mol. The number of Topliss-reactive ketones (excluding diaryl/α,β-unsaturated/α-hetero) is 1. The first-order chi connectivity index (χ1) is 11.9. The molecular formula is C17H23F3N2O3S. The molecule has 0 saturated heterocycles. The van der Waals surface area contributed by atoms with Crippen molar-refractivity contribution in [3.05, 3.63) is 29.6 Å². The predicted octanol–water partition coefficient (Wildman–Crippen LogP) is 3.24. The van der Waals surface area contributed by atoms with Crippen LogP contribution >= 0.6 is 0 Å². The van der Waals surface area contributed by atoms with E-state index in [0.717, 1.165) is 44.2 Å². The van der Waals surface area contributed by atoms with Crippen molar-refractivity contribution in [1.82, 2.24) is 9.71 Å². The van der Waals surface area contributed by atoms with E-state index in [1.165, 1.54) is 13.8 Å². The zero-order valence-electron chi connectivity index (χ0n) is 14.8. The van der Waals surface area contributed by atoms with Crippen LogP contribution in [0.4, 0.5) is 13.2 Å². The molecule has 26 heavy (non-hydrogen) atoms. The standard InChI is InChI=1S/C17H23F3N2O3S/c1-16(2,26(24,25)22-13-6-4-3-5-7-13)15(23)10-14-9-8-12(11-21-14)17(18,19)20/h8-9,11,13,22H,3-7,10H2,1-2H3. The number of ketones is 1. The predicted molar refractivity (Wildman–Crippen MR) is 91.0 cm³/mol. The fourth-order valence-corrected chi connectivity index (χ4v) is 4.15. The van der Waals surface area contributed by atoms with Crippen molar-refractivity contribution in [1.29, 1.82) is 0 Å². The van der Waals surface area contributed by atoms with Crippen molar-refractivity contribution >= 4 is 15.8 Å². The molecule has 0 aromatic carbocycles. The van der Waals surface area contributed by atoms with Crippen LogP contribution in [0, 0.1) is 0 Å². The number of nitrogens with one attached hydrogen (secondary N) is 1. The zero-order valence-corrected chi connectivity index (χ0v) is 15.6. The number of alkyl halides is 3. The number of sulfonamides is 1. The van der Waals surface area contributed by atoms with Crippen LogP contribution in [0.1, 0.15) is 57.2 Å².